The largest absolute Gasteiger partial charge is 0.502 e. The molecule has 1 aliphatic carbocycles. The Hall–Kier alpha value is -1.64. The third-order valence-corrected chi connectivity index (χ3v) is 3.59. The minimum atomic E-state index is 0.0843. The highest BCUT2D eigenvalue weighted by atomic mass is 16.5. The molecule has 0 saturated carbocycles. The topological polar surface area (TPSA) is 38.7 Å². The lowest BCUT2D eigenvalue weighted by Crippen LogP contribution is -2.04. The van der Waals surface area contributed by atoms with Gasteiger partial charge in [-0.05, 0) is 43.4 Å². The molecule has 1 atom stereocenters. The van der Waals surface area contributed by atoms with Gasteiger partial charge >= 0.3 is 0 Å². The van der Waals surface area contributed by atoms with Crippen LogP contribution in [0.15, 0.2) is 18.2 Å². The summed E-state index contributed by atoms with van der Waals surface area (Å²) in [5.41, 5.74) is 2.17. The maximum absolute atomic E-state index is 10.0. The predicted molar refractivity (Wildman–Crippen MR) is 71.7 cm³/mol. The van der Waals surface area contributed by atoms with Crippen molar-refractivity contribution < 1.29 is 14.6 Å². The number of aromatic hydroxyl groups is 1. The van der Waals surface area contributed by atoms with Gasteiger partial charge in [-0.2, -0.15) is 0 Å². The van der Waals surface area contributed by atoms with Gasteiger partial charge in [0, 0.05) is 5.92 Å². The average molecular weight is 248 g/mol. The summed E-state index contributed by atoms with van der Waals surface area (Å²) >= 11 is 0. The van der Waals surface area contributed by atoms with Crippen molar-refractivity contribution in [2.45, 2.75) is 32.1 Å². The Morgan fingerprint density at radius 3 is 2.61 bits per heavy atom. The van der Waals surface area contributed by atoms with Crippen LogP contribution in [-0.2, 0) is 0 Å². The lowest BCUT2D eigenvalue weighted by Gasteiger charge is -2.22. The van der Waals surface area contributed by atoms with Crippen molar-refractivity contribution in [2.24, 2.45) is 0 Å². The first-order chi connectivity index (χ1) is 8.69. The normalized spacial score (nSPS) is 18.7. The molecule has 18 heavy (non-hydrogen) atoms. The van der Waals surface area contributed by atoms with Gasteiger partial charge in [0.05, 0.1) is 14.2 Å². The van der Waals surface area contributed by atoms with Crippen LogP contribution in [0.25, 0.3) is 0 Å². The van der Waals surface area contributed by atoms with Gasteiger partial charge in [0.25, 0.3) is 0 Å². The molecule has 0 bridgehead atoms. The fourth-order valence-corrected chi connectivity index (χ4v) is 2.60. The monoisotopic (exact) mass is 248 g/mol. The van der Waals surface area contributed by atoms with Gasteiger partial charge < -0.3 is 14.6 Å². The summed E-state index contributed by atoms with van der Waals surface area (Å²) in [6.45, 7) is 1.98. The van der Waals surface area contributed by atoms with Crippen LogP contribution in [0, 0.1) is 6.92 Å². The number of allylic oxidation sites excluding steroid dienone is 2. The summed E-state index contributed by atoms with van der Waals surface area (Å²) in [5.74, 6) is 1.47. The fraction of sp³-hybridized carbons (Fsp3) is 0.467. The predicted octanol–water partition coefficient (Wildman–Crippen LogP) is 3.54. The molecule has 1 aliphatic rings. The number of benzene rings is 1. The molecule has 3 nitrogen and oxygen atoms in total. The van der Waals surface area contributed by atoms with E-state index in [1.54, 1.807) is 14.2 Å². The van der Waals surface area contributed by atoms with Gasteiger partial charge in [-0.3, -0.25) is 0 Å². The van der Waals surface area contributed by atoms with Crippen LogP contribution in [0.3, 0.4) is 0 Å². The molecule has 1 aromatic rings. The van der Waals surface area contributed by atoms with Crippen LogP contribution in [0.5, 0.6) is 17.2 Å². The van der Waals surface area contributed by atoms with Gasteiger partial charge in [0.15, 0.2) is 11.5 Å². The first-order valence-electron chi connectivity index (χ1n) is 6.30. The quantitative estimate of drug-likeness (QED) is 0.831. The first kappa shape index (κ1) is 12.8. The molecule has 0 heterocycles. The van der Waals surface area contributed by atoms with Crippen molar-refractivity contribution in [2.75, 3.05) is 14.2 Å². The van der Waals surface area contributed by atoms with E-state index < -0.39 is 0 Å². The van der Waals surface area contributed by atoms with E-state index in [0.717, 1.165) is 18.4 Å². The number of phenols is 1. The number of ether oxygens (including phenoxy) is 2. The van der Waals surface area contributed by atoms with E-state index in [-0.39, 0.29) is 5.75 Å². The lowest BCUT2D eigenvalue weighted by atomic mass is 9.86. The van der Waals surface area contributed by atoms with Crippen molar-refractivity contribution in [3.8, 4) is 17.2 Å². The zero-order valence-corrected chi connectivity index (χ0v) is 11.2. The van der Waals surface area contributed by atoms with E-state index >= 15 is 0 Å². The zero-order chi connectivity index (χ0) is 13.1. The van der Waals surface area contributed by atoms with E-state index in [0.29, 0.717) is 17.4 Å². The minimum absolute atomic E-state index is 0.0843. The van der Waals surface area contributed by atoms with Crippen molar-refractivity contribution >= 4 is 0 Å². The molecule has 1 aromatic carbocycles. The van der Waals surface area contributed by atoms with Crippen molar-refractivity contribution in [1.82, 2.24) is 0 Å². The highest BCUT2D eigenvalue weighted by molar-refractivity contribution is 5.59. The van der Waals surface area contributed by atoms with Crippen molar-refractivity contribution in [3.05, 3.63) is 29.3 Å². The molecule has 0 aromatic heterocycles. The second-order valence-electron chi connectivity index (χ2n) is 4.64. The van der Waals surface area contributed by atoms with Gasteiger partial charge in [-0.1, -0.05) is 12.2 Å². The molecule has 98 valence electrons. The average Bonchev–Trinajstić information content (AvgIpc) is 2.41. The molecule has 0 radical (unpaired) electrons. The summed E-state index contributed by atoms with van der Waals surface area (Å²) in [5, 5.41) is 10.0. The Kier molecular flexibility index (Phi) is 3.80. The molecule has 0 saturated heterocycles. The maximum Gasteiger partial charge on any atom is 0.201 e. The number of hydrogen-bond donors (Lipinski definition) is 1. The summed E-state index contributed by atoms with van der Waals surface area (Å²) in [6, 6.07) is 1.92. The Morgan fingerprint density at radius 2 is 2.06 bits per heavy atom. The maximum atomic E-state index is 10.0. The molecule has 1 unspecified atom stereocenters. The van der Waals surface area contributed by atoms with Gasteiger partial charge in [0.2, 0.25) is 5.75 Å². The third-order valence-electron chi connectivity index (χ3n) is 3.59. The SMILES string of the molecule is COc1cc(C2C=CCCC2)c(C)c(OC)c1O. The van der Waals surface area contributed by atoms with Gasteiger partial charge in [0.1, 0.15) is 0 Å². The van der Waals surface area contributed by atoms with E-state index in [4.69, 9.17) is 9.47 Å². The van der Waals surface area contributed by atoms with E-state index in [2.05, 4.69) is 12.2 Å². The summed E-state index contributed by atoms with van der Waals surface area (Å²) in [6.07, 6.45) is 7.95. The standard InChI is InChI=1S/C15H20O3/c1-10-12(11-7-5-4-6-8-11)9-13(17-2)14(16)15(10)18-3/h5,7,9,11,16H,4,6,8H2,1-3H3. The molecule has 0 aliphatic heterocycles. The fourth-order valence-electron chi connectivity index (χ4n) is 2.60. The molecule has 2 rings (SSSR count). The van der Waals surface area contributed by atoms with E-state index in [1.807, 2.05) is 13.0 Å². The Labute approximate surface area is 108 Å². The molecule has 0 amide bonds. The van der Waals surface area contributed by atoms with Gasteiger partial charge in [-0.15, -0.1) is 0 Å². The summed E-state index contributed by atoms with van der Waals surface area (Å²) < 4.78 is 10.5. The first-order valence-corrected chi connectivity index (χ1v) is 6.30. The Morgan fingerprint density at radius 1 is 1.28 bits per heavy atom. The van der Waals surface area contributed by atoms with Crippen LogP contribution in [0.2, 0.25) is 0 Å². The second-order valence-corrected chi connectivity index (χ2v) is 4.64. The second kappa shape index (κ2) is 5.34. The number of rotatable bonds is 3. The number of hydrogen-bond acceptors (Lipinski definition) is 3. The van der Waals surface area contributed by atoms with Crippen LogP contribution >= 0.6 is 0 Å². The number of phenolic OH excluding ortho intramolecular Hbond substituents is 1. The van der Waals surface area contributed by atoms with Crippen molar-refractivity contribution in [3.63, 3.8) is 0 Å². The summed E-state index contributed by atoms with van der Waals surface area (Å²) in [4.78, 5) is 0. The zero-order valence-electron chi connectivity index (χ0n) is 11.2. The Balaban J connectivity index is 2.52. The molecule has 0 fully saturated rings. The van der Waals surface area contributed by atoms with Crippen LogP contribution < -0.4 is 9.47 Å². The van der Waals surface area contributed by atoms with Crippen LogP contribution in [0.4, 0.5) is 0 Å². The minimum Gasteiger partial charge on any atom is -0.502 e. The highest BCUT2D eigenvalue weighted by Crippen LogP contribution is 2.44. The molecule has 1 N–H and O–H groups in total. The molecular weight excluding hydrogens is 228 g/mol. The molecular formula is C15H20O3. The Bertz CT molecular complexity index is 463. The third kappa shape index (κ3) is 2.17. The van der Waals surface area contributed by atoms with Crippen molar-refractivity contribution in [1.29, 1.82) is 0 Å². The van der Waals surface area contributed by atoms with Crippen LogP contribution in [-0.4, -0.2) is 19.3 Å². The lowest BCUT2D eigenvalue weighted by molar-refractivity contribution is 0.337. The molecule has 0 spiro atoms. The van der Waals surface area contributed by atoms with Crippen LogP contribution in [0.1, 0.15) is 36.3 Å². The highest BCUT2D eigenvalue weighted by Gasteiger charge is 2.21. The summed E-state index contributed by atoms with van der Waals surface area (Å²) in [7, 11) is 3.13. The smallest absolute Gasteiger partial charge is 0.201 e. The van der Waals surface area contributed by atoms with E-state index in [1.165, 1.54) is 12.0 Å². The van der Waals surface area contributed by atoms with Gasteiger partial charge in [-0.25, -0.2) is 0 Å². The van der Waals surface area contributed by atoms with E-state index in [9.17, 15) is 5.11 Å². The number of methoxy groups -OCH3 is 2. The molecule has 3 heteroatoms.